The fourth-order valence-corrected chi connectivity index (χ4v) is 3.44. The maximum Gasteiger partial charge on any atom is 0.240 e. The van der Waals surface area contributed by atoms with Crippen molar-refractivity contribution >= 4 is 10.0 Å². The summed E-state index contributed by atoms with van der Waals surface area (Å²) >= 11 is 0. The summed E-state index contributed by atoms with van der Waals surface area (Å²) < 4.78 is 29.3. The van der Waals surface area contributed by atoms with Gasteiger partial charge in [0.15, 0.2) is 0 Å². The van der Waals surface area contributed by atoms with Crippen LogP contribution in [-0.4, -0.2) is 32.4 Å². The maximum atomic E-state index is 11.4. The van der Waals surface area contributed by atoms with Crippen LogP contribution in [-0.2, 0) is 14.8 Å². The van der Waals surface area contributed by atoms with Crippen molar-refractivity contribution in [2.45, 2.75) is 18.9 Å². The minimum atomic E-state index is -3.14. The van der Waals surface area contributed by atoms with E-state index < -0.39 is 10.0 Å². The van der Waals surface area contributed by atoms with Crippen LogP contribution < -0.4 is 0 Å². The molecule has 1 fully saturated rings. The van der Waals surface area contributed by atoms with Crippen molar-refractivity contribution in [3.8, 4) is 0 Å². The number of rotatable bonds is 1. The van der Waals surface area contributed by atoms with Crippen LogP contribution in [0, 0.1) is 0 Å². The topological polar surface area (TPSA) is 46.6 Å². The van der Waals surface area contributed by atoms with Gasteiger partial charge in [-0.3, -0.25) is 0 Å². The third-order valence-corrected chi connectivity index (χ3v) is 3.98. The van der Waals surface area contributed by atoms with Gasteiger partial charge < -0.3 is 4.74 Å². The van der Waals surface area contributed by atoms with Crippen molar-refractivity contribution in [3.63, 3.8) is 0 Å². The summed E-state index contributed by atoms with van der Waals surface area (Å²) in [6, 6.07) is -0.0139. The molecule has 0 bridgehead atoms. The second-order valence-corrected chi connectivity index (χ2v) is 4.77. The Balaban J connectivity index is 2.40. The number of sulfonamides is 1. The van der Waals surface area contributed by atoms with Crippen molar-refractivity contribution in [2.24, 2.45) is 0 Å². The third-order valence-electron chi connectivity index (χ3n) is 2.36. The molecule has 0 aromatic rings. The molecule has 1 atom stereocenters. The molecule has 1 saturated heterocycles. The van der Waals surface area contributed by atoms with Gasteiger partial charge in [-0.2, -0.15) is 4.31 Å². The monoisotopic (exact) mass is 189 g/mol. The van der Waals surface area contributed by atoms with Crippen molar-refractivity contribution in [2.75, 3.05) is 13.7 Å². The second-order valence-electron chi connectivity index (χ2n) is 3.04. The summed E-state index contributed by atoms with van der Waals surface area (Å²) in [5, 5.41) is 1.23. The largest absolute Gasteiger partial charge is 0.499 e. The molecule has 0 aromatic heterocycles. The van der Waals surface area contributed by atoms with E-state index in [1.54, 1.807) is 0 Å². The molecule has 5 heteroatoms. The Morgan fingerprint density at radius 3 is 3.08 bits per heavy atom. The van der Waals surface area contributed by atoms with E-state index in [0.29, 0.717) is 12.3 Å². The number of hydrogen-bond acceptors (Lipinski definition) is 3. The normalized spacial score (nSPS) is 33.1. The van der Waals surface area contributed by atoms with Gasteiger partial charge in [0, 0.05) is 6.54 Å². The molecule has 2 aliphatic rings. The quantitative estimate of drug-likeness (QED) is 0.595. The van der Waals surface area contributed by atoms with E-state index in [0.717, 1.165) is 12.8 Å². The first kappa shape index (κ1) is 8.07. The van der Waals surface area contributed by atoms with E-state index in [1.165, 1.54) is 16.8 Å². The molecule has 2 heterocycles. The highest BCUT2D eigenvalue weighted by Crippen LogP contribution is 2.33. The van der Waals surface area contributed by atoms with E-state index in [1.807, 2.05) is 0 Å². The Bertz CT molecular complexity index is 320. The van der Waals surface area contributed by atoms with Gasteiger partial charge in [0.25, 0.3) is 0 Å². The highest BCUT2D eigenvalue weighted by molar-refractivity contribution is 7.92. The zero-order valence-corrected chi connectivity index (χ0v) is 7.67. The molecule has 68 valence electrons. The second kappa shape index (κ2) is 2.47. The predicted octanol–water partition coefficient (Wildman–Crippen LogP) is 0.282. The molecule has 4 nitrogen and oxygen atoms in total. The molecular weight excluding hydrogens is 178 g/mol. The molecule has 0 aromatic carbocycles. The Hall–Kier alpha value is -0.550. The van der Waals surface area contributed by atoms with Crippen molar-refractivity contribution in [1.29, 1.82) is 0 Å². The van der Waals surface area contributed by atoms with E-state index in [9.17, 15) is 8.42 Å². The summed E-state index contributed by atoms with van der Waals surface area (Å²) in [4.78, 5) is 0. The summed E-state index contributed by atoms with van der Waals surface area (Å²) in [5.41, 5.74) is 0. The van der Waals surface area contributed by atoms with Crippen molar-refractivity contribution < 1.29 is 13.2 Å². The Morgan fingerprint density at radius 2 is 2.42 bits per heavy atom. The van der Waals surface area contributed by atoms with Crippen LogP contribution in [0.5, 0.6) is 0 Å². The lowest BCUT2D eigenvalue weighted by Crippen LogP contribution is -2.29. The number of methoxy groups -OCH3 is 1. The van der Waals surface area contributed by atoms with Gasteiger partial charge >= 0.3 is 0 Å². The van der Waals surface area contributed by atoms with E-state index in [-0.39, 0.29) is 6.04 Å². The zero-order chi connectivity index (χ0) is 8.77. The van der Waals surface area contributed by atoms with E-state index >= 15 is 0 Å². The smallest absolute Gasteiger partial charge is 0.240 e. The fraction of sp³-hybridized carbons (Fsp3) is 0.714. The maximum absolute atomic E-state index is 11.4. The van der Waals surface area contributed by atoms with Gasteiger partial charge in [0.2, 0.25) is 10.0 Å². The predicted molar refractivity (Wildman–Crippen MR) is 43.7 cm³/mol. The molecule has 0 saturated carbocycles. The number of ether oxygens (including phenoxy) is 1. The molecular formula is C7H11NO3S. The SMILES string of the molecule is COC1=CS(=O)(=O)N2CCCC12. The summed E-state index contributed by atoms with van der Waals surface area (Å²) in [6.07, 6.45) is 1.82. The van der Waals surface area contributed by atoms with Gasteiger partial charge in [0.1, 0.15) is 5.76 Å². The lowest BCUT2D eigenvalue weighted by Gasteiger charge is -2.14. The molecule has 0 aliphatic carbocycles. The van der Waals surface area contributed by atoms with Crippen LogP contribution in [0.4, 0.5) is 0 Å². The first-order valence-electron chi connectivity index (χ1n) is 3.92. The number of fused-ring (bicyclic) bond motifs is 1. The molecule has 0 amide bonds. The van der Waals surface area contributed by atoms with Crippen LogP contribution in [0.25, 0.3) is 0 Å². The summed E-state index contributed by atoms with van der Waals surface area (Å²) in [6.45, 7) is 0.635. The average Bonchev–Trinajstić information content (AvgIpc) is 2.54. The number of hydrogen-bond donors (Lipinski definition) is 0. The third kappa shape index (κ3) is 0.964. The molecule has 0 N–H and O–H groups in total. The molecule has 2 aliphatic heterocycles. The summed E-state index contributed by atoms with van der Waals surface area (Å²) in [5.74, 6) is 0.590. The van der Waals surface area contributed by atoms with E-state index in [2.05, 4.69) is 0 Å². The lowest BCUT2D eigenvalue weighted by molar-refractivity contribution is 0.240. The lowest BCUT2D eigenvalue weighted by atomic mass is 10.2. The first-order valence-corrected chi connectivity index (χ1v) is 5.43. The standard InChI is InChI=1S/C7H11NO3S/c1-11-7-5-12(9,10)8-4-2-3-6(7)8/h5-6H,2-4H2,1H3. The fourth-order valence-electron chi connectivity index (χ4n) is 1.81. The molecule has 0 spiro atoms. The van der Waals surface area contributed by atoms with Crippen molar-refractivity contribution in [1.82, 2.24) is 4.31 Å². The van der Waals surface area contributed by atoms with Gasteiger partial charge in [0.05, 0.1) is 18.6 Å². The van der Waals surface area contributed by atoms with E-state index in [4.69, 9.17) is 4.74 Å². The highest BCUT2D eigenvalue weighted by atomic mass is 32.2. The molecule has 1 unspecified atom stereocenters. The summed E-state index contributed by atoms with van der Waals surface area (Å²) in [7, 11) is -1.62. The van der Waals surface area contributed by atoms with Crippen LogP contribution in [0.1, 0.15) is 12.8 Å². The van der Waals surface area contributed by atoms with Crippen LogP contribution in [0.3, 0.4) is 0 Å². The zero-order valence-electron chi connectivity index (χ0n) is 6.86. The Labute approximate surface area is 71.9 Å². The molecule has 12 heavy (non-hydrogen) atoms. The van der Waals surface area contributed by atoms with Gasteiger partial charge in [-0.25, -0.2) is 8.42 Å². The minimum Gasteiger partial charge on any atom is -0.499 e. The van der Waals surface area contributed by atoms with Crippen molar-refractivity contribution in [3.05, 3.63) is 11.2 Å². The van der Waals surface area contributed by atoms with Gasteiger partial charge in [-0.15, -0.1) is 0 Å². The van der Waals surface area contributed by atoms with Crippen LogP contribution in [0.2, 0.25) is 0 Å². The number of nitrogens with zero attached hydrogens (tertiary/aromatic N) is 1. The van der Waals surface area contributed by atoms with Crippen LogP contribution in [0.15, 0.2) is 11.2 Å². The Kier molecular flexibility index (Phi) is 1.66. The Morgan fingerprint density at radius 1 is 1.67 bits per heavy atom. The minimum absolute atomic E-state index is 0.0139. The van der Waals surface area contributed by atoms with Gasteiger partial charge in [-0.1, -0.05) is 0 Å². The first-order chi connectivity index (χ1) is 5.65. The van der Waals surface area contributed by atoms with Crippen LogP contribution >= 0.6 is 0 Å². The highest BCUT2D eigenvalue weighted by Gasteiger charge is 2.42. The van der Waals surface area contributed by atoms with Gasteiger partial charge in [-0.05, 0) is 12.8 Å². The molecule has 0 radical (unpaired) electrons. The molecule has 2 rings (SSSR count). The average molecular weight is 189 g/mol.